The molecular weight excluding hydrogens is 208 g/mol. The second kappa shape index (κ2) is 5.19. The summed E-state index contributed by atoms with van der Waals surface area (Å²) in [5.74, 6) is 1.23. The van der Waals surface area contributed by atoms with E-state index in [1.165, 1.54) is 5.56 Å². The molecule has 1 aliphatic heterocycles. The van der Waals surface area contributed by atoms with Gasteiger partial charge in [-0.3, -0.25) is 4.90 Å². The maximum Gasteiger partial charge on any atom is 0.0371 e. The van der Waals surface area contributed by atoms with Crippen molar-refractivity contribution >= 4 is 0 Å². The SMILES string of the molecule is CC(C)C(c1ccccc1)N1CC(C)C(N)C1. The van der Waals surface area contributed by atoms with Crippen LogP contribution in [0, 0.1) is 11.8 Å². The van der Waals surface area contributed by atoms with Crippen LogP contribution >= 0.6 is 0 Å². The lowest BCUT2D eigenvalue weighted by Gasteiger charge is -2.31. The van der Waals surface area contributed by atoms with Crippen molar-refractivity contribution in [3.05, 3.63) is 35.9 Å². The summed E-state index contributed by atoms with van der Waals surface area (Å²) in [6.07, 6.45) is 0. The summed E-state index contributed by atoms with van der Waals surface area (Å²) in [5, 5.41) is 0. The number of nitrogens with zero attached hydrogens (tertiary/aromatic N) is 1. The first-order valence-electron chi connectivity index (χ1n) is 6.64. The Kier molecular flexibility index (Phi) is 3.85. The Morgan fingerprint density at radius 3 is 2.29 bits per heavy atom. The summed E-state index contributed by atoms with van der Waals surface area (Å²) in [6.45, 7) is 9.00. The van der Waals surface area contributed by atoms with Crippen LogP contribution in [-0.2, 0) is 0 Å². The average molecular weight is 232 g/mol. The standard InChI is InChI=1S/C15H24N2/c1-11(2)15(13-7-5-4-6-8-13)17-9-12(3)14(16)10-17/h4-8,11-12,14-15H,9-10,16H2,1-3H3. The molecule has 17 heavy (non-hydrogen) atoms. The van der Waals surface area contributed by atoms with Crippen LogP contribution in [0.25, 0.3) is 0 Å². The van der Waals surface area contributed by atoms with E-state index < -0.39 is 0 Å². The van der Waals surface area contributed by atoms with Crippen molar-refractivity contribution in [2.75, 3.05) is 13.1 Å². The van der Waals surface area contributed by atoms with E-state index in [0.717, 1.165) is 13.1 Å². The first-order chi connectivity index (χ1) is 8.09. The van der Waals surface area contributed by atoms with Gasteiger partial charge in [0, 0.05) is 25.2 Å². The maximum atomic E-state index is 6.14. The van der Waals surface area contributed by atoms with Crippen molar-refractivity contribution in [1.82, 2.24) is 4.90 Å². The highest BCUT2D eigenvalue weighted by Crippen LogP contribution is 2.32. The smallest absolute Gasteiger partial charge is 0.0371 e. The fourth-order valence-electron chi connectivity index (χ4n) is 2.93. The van der Waals surface area contributed by atoms with Gasteiger partial charge in [-0.25, -0.2) is 0 Å². The van der Waals surface area contributed by atoms with E-state index >= 15 is 0 Å². The van der Waals surface area contributed by atoms with Gasteiger partial charge in [-0.2, -0.15) is 0 Å². The molecule has 2 rings (SSSR count). The zero-order chi connectivity index (χ0) is 12.4. The van der Waals surface area contributed by atoms with Gasteiger partial charge in [0.15, 0.2) is 0 Å². The summed E-state index contributed by atoms with van der Waals surface area (Å²) in [6, 6.07) is 11.7. The van der Waals surface area contributed by atoms with Crippen molar-refractivity contribution in [3.63, 3.8) is 0 Å². The largest absolute Gasteiger partial charge is 0.326 e. The van der Waals surface area contributed by atoms with E-state index in [1.54, 1.807) is 0 Å². The van der Waals surface area contributed by atoms with Crippen LogP contribution < -0.4 is 5.73 Å². The predicted octanol–water partition coefficient (Wildman–Crippen LogP) is 2.66. The Morgan fingerprint density at radius 1 is 1.18 bits per heavy atom. The number of benzene rings is 1. The van der Waals surface area contributed by atoms with Gasteiger partial charge in [-0.05, 0) is 17.4 Å². The molecular formula is C15H24N2. The fraction of sp³-hybridized carbons (Fsp3) is 0.600. The molecule has 0 saturated carbocycles. The number of rotatable bonds is 3. The van der Waals surface area contributed by atoms with Crippen molar-refractivity contribution in [3.8, 4) is 0 Å². The van der Waals surface area contributed by atoms with Crippen molar-refractivity contribution < 1.29 is 0 Å². The van der Waals surface area contributed by atoms with Gasteiger partial charge in [0.05, 0.1) is 0 Å². The van der Waals surface area contributed by atoms with Crippen molar-refractivity contribution in [2.45, 2.75) is 32.9 Å². The Morgan fingerprint density at radius 2 is 1.82 bits per heavy atom. The van der Waals surface area contributed by atoms with E-state index in [4.69, 9.17) is 5.73 Å². The molecule has 0 radical (unpaired) electrons. The van der Waals surface area contributed by atoms with Crippen LogP contribution in [0.3, 0.4) is 0 Å². The number of likely N-dealkylation sites (tertiary alicyclic amines) is 1. The molecule has 2 N–H and O–H groups in total. The highest BCUT2D eigenvalue weighted by Gasteiger charge is 2.33. The van der Waals surface area contributed by atoms with Crippen LogP contribution in [0.1, 0.15) is 32.4 Å². The number of nitrogens with two attached hydrogens (primary N) is 1. The summed E-state index contributed by atoms with van der Waals surface area (Å²) in [5.41, 5.74) is 7.56. The lowest BCUT2D eigenvalue weighted by Crippen LogP contribution is -2.33. The molecule has 0 bridgehead atoms. The van der Waals surface area contributed by atoms with Crippen LogP contribution in [0.2, 0.25) is 0 Å². The van der Waals surface area contributed by atoms with E-state index in [0.29, 0.717) is 23.9 Å². The Balaban J connectivity index is 2.19. The molecule has 0 aromatic heterocycles. The molecule has 2 nitrogen and oxygen atoms in total. The Bertz CT molecular complexity index is 337. The monoisotopic (exact) mass is 232 g/mol. The van der Waals surface area contributed by atoms with Crippen LogP contribution in [0.4, 0.5) is 0 Å². The second-order valence-corrected chi connectivity index (χ2v) is 5.69. The molecule has 0 spiro atoms. The predicted molar refractivity (Wildman–Crippen MR) is 72.7 cm³/mol. The normalized spacial score (nSPS) is 27.6. The van der Waals surface area contributed by atoms with Gasteiger partial charge in [-0.1, -0.05) is 51.1 Å². The molecule has 3 atom stereocenters. The van der Waals surface area contributed by atoms with E-state index in [2.05, 4.69) is 56.0 Å². The summed E-state index contributed by atoms with van der Waals surface area (Å²) < 4.78 is 0. The third kappa shape index (κ3) is 2.70. The maximum absolute atomic E-state index is 6.14. The van der Waals surface area contributed by atoms with Gasteiger partial charge >= 0.3 is 0 Å². The lowest BCUT2D eigenvalue weighted by molar-refractivity contribution is 0.187. The van der Waals surface area contributed by atoms with Gasteiger partial charge in [0.1, 0.15) is 0 Å². The highest BCUT2D eigenvalue weighted by atomic mass is 15.2. The molecule has 1 heterocycles. The minimum absolute atomic E-state index is 0.333. The zero-order valence-corrected chi connectivity index (χ0v) is 11.1. The number of hydrogen-bond donors (Lipinski definition) is 1. The fourth-order valence-corrected chi connectivity index (χ4v) is 2.93. The molecule has 0 aliphatic carbocycles. The molecule has 2 heteroatoms. The zero-order valence-electron chi connectivity index (χ0n) is 11.1. The molecule has 0 amide bonds. The average Bonchev–Trinajstić information content (AvgIpc) is 2.60. The van der Waals surface area contributed by atoms with E-state index in [9.17, 15) is 0 Å². The molecule has 1 fully saturated rings. The summed E-state index contributed by atoms with van der Waals surface area (Å²) in [4.78, 5) is 2.55. The topological polar surface area (TPSA) is 29.3 Å². The third-order valence-electron chi connectivity index (χ3n) is 3.86. The quantitative estimate of drug-likeness (QED) is 0.868. The molecule has 1 saturated heterocycles. The van der Waals surface area contributed by atoms with Gasteiger partial charge in [0.25, 0.3) is 0 Å². The van der Waals surface area contributed by atoms with Crippen molar-refractivity contribution in [2.24, 2.45) is 17.6 Å². The summed E-state index contributed by atoms with van der Waals surface area (Å²) >= 11 is 0. The number of hydrogen-bond acceptors (Lipinski definition) is 2. The minimum Gasteiger partial charge on any atom is -0.326 e. The molecule has 3 unspecified atom stereocenters. The van der Waals surface area contributed by atoms with Crippen molar-refractivity contribution in [1.29, 1.82) is 0 Å². The molecule has 1 aromatic carbocycles. The first-order valence-corrected chi connectivity index (χ1v) is 6.64. The Labute approximate surface area is 105 Å². The Hall–Kier alpha value is -0.860. The van der Waals surface area contributed by atoms with Crippen LogP contribution in [-0.4, -0.2) is 24.0 Å². The van der Waals surface area contributed by atoms with Gasteiger partial charge in [0.2, 0.25) is 0 Å². The lowest BCUT2D eigenvalue weighted by atomic mass is 9.95. The third-order valence-corrected chi connectivity index (χ3v) is 3.86. The van der Waals surface area contributed by atoms with Crippen LogP contribution in [0.15, 0.2) is 30.3 Å². The van der Waals surface area contributed by atoms with E-state index in [1.807, 2.05) is 0 Å². The molecule has 94 valence electrons. The second-order valence-electron chi connectivity index (χ2n) is 5.69. The van der Waals surface area contributed by atoms with E-state index in [-0.39, 0.29) is 0 Å². The first kappa shape index (κ1) is 12.6. The van der Waals surface area contributed by atoms with Gasteiger partial charge < -0.3 is 5.73 Å². The molecule has 1 aliphatic rings. The molecule has 1 aromatic rings. The van der Waals surface area contributed by atoms with Gasteiger partial charge in [-0.15, -0.1) is 0 Å². The summed E-state index contributed by atoms with van der Waals surface area (Å²) in [7, 11) is 0. The van der Waals surface area contributed by atoms with Crippen LogP contribution in [0.5, 0.6) is 0 Å². The minimum atomic E-state index is 0.333. The highest BCUT2D eigenvalue weighted by molar-refractivity contribution is 5.20.